The van der Waals surface area contributed by atoms with Crippen molar-refractivity contribution < 1.29 is 4.39 Å². The van der Waals surface area contributed by atoms with E-state index in [1.165, 1.54) is 48.1 Å². The van der Waals surface area contributed by atoms with Crippen molar-refractivity contribution in [1.29, 1.82) is 0 Å². The Kier molecular flexibility index (Phi) is 5.19. The van der Waals surface area contributed by atoms with Crippen molar-refractivity contribution in [2.24, 2.45) is 0 Å². The molecule has 29 heavy (non-hydrogen) atoms. The van der Waals surface area contributed by atoms with Crippen LogP contribution in [-0.2, 0) is 6.54 Å². The number of nitrogens with zero attached hydrogens (tertiary/aromatic N) is 3. The number of aromatic nitrogens is 1. The zero-order valence-corrected chi connectivity index (χ0v) is 16.9. The number of fused-ring (bicyclic) bond motifs is 1. The maximum atomic E-state index is 13.2. The summed E-state index contributed by atoms with van der Waals surface area (Å²) in [4.78, 5) is 9.73. The van der Waals surface area contributed by atoms with E-state index >= 15 is 0 Å². The summed E-state index contributed by atoms with van der Waals surface area (Å²) in [5.41, 5.74) is 4.91. The Morgan fingerprint density at radius 2 is 1.66 bits per heavy atom. The molecule has 0 atom stereocenters. The van der Waals surface area contributed by atoms with Gasteiger partial charge >= 0.3 is 0 Å². The zero-order chi connectivity index (χ0) is 19.6. The first-order valence-electron chi connectivity index (χ1n) is 10.9. The molecule has 0 N–H and O–H groups in total. The Bertz CT molecular complexity index is 971. The van der Waals surface area contributed by atoms with Crippen molar-refractivity contribution in [3.63, 3.8) is 0 Å². The van der Waals surface area contributed by atoms with E-state index in [2.05, 4.69) is 34.1 Å². The maximum absolute atomic E-state index is 13.2. The Morgan fingerprint density at radius 3 is 2.41 bits per heavy atom. The van der Waals surface area contributed by atoms with Crippen molar-refractivity contribution in [3.05, 3.63) is 71.7 Å². The third-order valence-electron chi connectivity index (χ3n) is 6.53. The van der Waals surface area contributed by atoms with Crippen LogP contribution in [0.3, 0.4) is 0 Å². The molecular formula is C25H28FN3. The molecule has 2 aliphatic heterocycles. The first kappa shape index (κ1) is 18.6. The lowest BCUT2D eigenvalue weighted by molar-refractivity contribution is 0.331. The monoisotopic (exact) mass is 389 g/mol. The van der Waals surface area contributed by atoms with E-state index in [-0.39, 0.29) is 5.82 Å². The number of benzene rings is 2. The van der Waals surface area contributed by atoms with Crippen LogP contribution in [0.2, 0.25) is 0 Å². The van der Waals surface area contributed by atoms with Gasteiger partial charge in [-0.3, -0.25) is 9.88 Å². The summed E-state index contributed by atoms with van der Waals surface area (Å²) >= 11 is 0. The second-order valence-electron chi connectivity index (χ2n) is 8.52. The summed E-state index contributed by atoms with van der Waals surface area (Å²) in [5.74, 6) is 0.372. The van der Waals surface area contributed by atoms with Crippen LogP contribution >= 0.6 is 0 Å². The number of pyridine rings is 1. The summed E-state index contributed by atoms with van der Waals surface area (Å²) in [5, 5.41) is 1.23. The highest BCUT2D eigenvalue weighted by Crippen LogP contribution is 2.31. The van der Waals surface area contributed by atoms with E-state index in [4.69, 9.17) is 4.98 Å². The summed E-state index contributed by atoms with van der Waals surface area (Å²) in [6.45, 7) is 5.50. The lowest BCUT2D eigenvalue weighted by Gasteiger charge is -2.34. The fraction of sp³-hybridized carbons (Fsp3) is 0.400. The average molecular weight is 390 g/mol. The maximum Gasteiger partial charge on any atom is 0.123 e. The molecule has 2 aliphatic rings. The van der Waals surface area contributed by atoms with Gasteiger partial charge in [0.1, 0.15) is 5.82 Å². The Labute approximate surface area is 172 Å². The van der Waals surface area contributed by atoms with Crippen LogP contribution < -0.4 is 4.90 Å². The second-order valence-corrected chi connectivity index (χ2v) is 8.52. The number of halogens is 1. The molecule has 3 heterocycles. The smallest absolute Gasteiger partial charge is 0.123 e. The van der Waals surface area contributed by atoms with Crippen LogP contribution in [0.15, 0.2) is 54.7 Å². The third-order valence-corrected chi connectivity index (χ3v) is 6.53. The molecule has 0 amide bonds. The van der Waals surface area contributed by atoms with E-state index in [1.807, 2.05) is 18.3 Å². The zero-order valence-electron chi connectivity index (χ0n) is 16.9. The second kappa shape index (κ2) is 8.11. The van der Waals surface area contributed by atoms with Gasteiger partial charge in [0.25, 0.3) is 0 Å². The van der Waals surface area contributed by atoms with E-state index < -0.39 is 0 Å². The predicted octanol–water partition coefficient (Wildman–Crippen LogP) is 5.35. The topological polar surface area (TPSA) is 19.4 Å². The van der Waals surface area contributed by atoms with E-state index in [9.17, 15) is 4.39 Å². The minimum atomic E-state index is -0.154. The SMILES string of the molecule is Fc1ccc(C2CCN(c3ccc4cc(CN5CCCC5)cnc4c3)CC2)cc1. The molecule has 3 nitrogen and oxygen atoms in total. The van der Waals surface area contributed by atoms with E-state index in [1.54, 1.807) is 12.1 Å². The average Bonchev–Trinajstić information content (AvgIpc) is 3.27. The number of anilines is 1. The molecule has 0 radical (unpaired) electrons. The molecule has 150 valence electrons. The molecule has 4 heteroatoms. The van der Waals surface area contributed by atoms with Gasteiger partial charge in [-0.25, -0.2) is 4.39 Å². The van der Waals surface area contributed by atoms with Gasteiger partial charge in [0, 0.05) is 36.9 Å². The standard InChI is InChI=1S/C25H28FN3/c26-23-6-3-20(4-7-23)21-9-13-29(14-10-21)24-8-5-22-15-19(17-27-25(22)16-24)18-28-11-1-2-12-28/h3-8,15-17,21H,1-2,9-14,18H2. The predicted molar refractivity (Wildman–Crippen MR) is 117 cm³/mol. The molecule has 0 spiro atoms. The fourth-order valence-electron chi connectivity index (χ4n) is 4.84. The summed E-state index contributed by atoms with van der Waals surface area (Å²) < 4.78 is 13.2. The minimum absolute atomic E-state index is 0.154. The Morgan fingerprint density at radius 1 is 0.897 bits per heavy atom. The molecule has 0 aliphatic carbocycles. The molecule has 3 aromatic rings. The highest BCUT2D eigenvalue weighted by molar-refractivity contribution is 5.82. The quantitative estimate of drug-likeness (QED) is 0.599. The van der Waals surface area contributed by atoms with E-state index in [0.717, 1.165) is 38.0 Å². The fourth-order valence-corrected chi connectivity index (χ4v) is 4.84. The molecule has 2 saturated heterocycles. The van der Waals surface area contributed by atoms with Crippen LogP contribution in [-0.4, -0.2) is 36.1 Å². The number of likely N-dealkylation sites (tertiary alicyclic amines) is 1. The first-order valence-corrected chi connectivity index (χ1v) is 10.9. The minimum Gasteiger partial charge on any atom is -0.371 e. The van der Waals surface area contributed by atoms with Crippen molar-refractivity contribution >= 4 is 16.6 Å². The van der Waals surface area contributed by atoms with Gasteiger partial charge in [0.05, 0.1) is 5.52 Å². The van der Waals surface area contributed by atoms with Gasteiger partial charge in [-0.1, -0.05) is 18.2 Å². The third kappa shape index (κ3) is 4.13. The molecule has 1 aromatic heterocycles. The molecule has 2 aromatic carbocycles. The molecule has 5 rings (SSSR count). The van der Waals surface area contributed by atoms with Gasteiger partial charge in [0.15, 0.2) is 0 Å². The van der Waals surface area contributed by atoms with Gasteiger partial charge in [-0.15, -0.1) is 0 Å². The van der Waals surface area contributed by atoms with Crippen molar-refractivity contribution in [3.8, 4) is 0 Å². The summed E-state index contributed by atoms with van der Waals surface area (Å²) in [7, 11) is 0. The molecule has 0 unspecified atom stereocenters. The normalized spacial score (nSPS) is 18.6. The van der Waals surface area contributed by atoms with Crippen LogP contribution in [0, 0.1) is 5.82 Å². The molecule has 0 saturated carbocycles. The van der Waals surface area contributed by atoms with Crippen molar-refractivity contribution in [2.75, 3.05) is 31.1 Å². The van der Waals surface area contributed by atoms with Crippen molar-refractivity contribution in [1.82, 2.24) is 9.88 Å². The summed E-state index contributed by atoms with van der Waals surface area (Å²) in [6, 6.07) is 16.0. The number of rotatable bonds is 4. The lowest BCUT2D eigenvalue weighted by atomic mass is 9.89. The highest BCUT2D eigenvalue weighted by Gasteiger charge is 2.21. The largest absolute Gasteiger partial charge is 0.371 e. The number of hydrogen-bond donors (Lipinski definition) is 0. The lowest BCUT2D eigenvalue weighted by Crippen LogP contribution is -2.32. The number of hydrogen-bond acceptors (Lipinski definition) is 3. The highest BCUT2D eigenvalue weighted by atomic mass is 19.1. The Balaban J connectivity index is 1.26. The van der Waals surface area contributed by atoms with Crippen LogP contribution in [0.1, 0.15) is 42.7 Å². The molecular weight excluding hydrogens is 361 g/mol. The van der Waals surface area contributed by atoms with Crippen molar-refractivity contribution in [2.45, 2.75) is 38.1 Å². The molecule has 2 fully saturated rings. The van der Waals surface area contributed by atoms with Crippen LogP contribution in [0.25, 0.3) is 10.9 Å². The van der Waals surface area contributed by atoms with Gasteiger partial charge < -0.3 is 4.90 Å². The van der Waals surface area contributed by atoms with Gasteiger partial charge in [0.2, 0.25) is 0 Å². The Hall–Kier alpha value is -2.46. The van der Waals surface area contributed by atoms with Gasteiger partial charge in [-0.05, 0) is 86.1 Å². The van der Waals surface area contributed by atoms with Gasteiger partial charge in [-0.2, -0.15) is 0 Å². The van der Waals surface area contributed by atoms with Crippen LogP contribution in [0.4, 0.5) is 10.1 Å². The first-order chi connectivity index (χ1) is 14.2. The molecule has 0 bridgehead atoms. The summed E-state index contributed by atoms with van der Waals surface area (Å²) in [6.07, 6.45) is 6.90. The van der Waals surface area contributed by atoms with Crippen LogP contribution in [0.5, 0.6) is 0 Å². The van der Waals surface area contributed by atoms with E-state index in [0.29, 0.717) is 5.92 Å². The number of piperidine rings is 1.